The second-order valence-electron chi connectivity index (χ2n) is 12.5. The van der Waals surface area contributed by atoms with Crippen LogP contribution in [0.4, 0.5) is 0 Å². The monoisotopic (exact) mass is 585 g/mol. The topological polar surface area (TPSA) is 46.6 Å². The maximum atomic E-state index is 14.0. The summed E-state index contributed by atoms with van der Waals surface area (Å²) in [7, 11) is 0. The van der Waals surface area contributed by atoms with Crippen molar-refractivity contribution in [1.82, 2.24) is 4.90 Å². The lowest BCUT2D eigenvalue weighted by Crippen LogP contribution is -2.44. The van der Waals surface area contributed by atoms with Crippen LogP contribution in [0.3, 0.4) is 0 Å². The van der Waals surface area contributed by atoms with Crippen LogP contribution in [-0.4, -0.2) is 23.0 Å². The summed E-state index contributed by atoms with van der Waals surface area (Å²) >= 11 is 19.6. The van der Waals surface area contributed by atoms with E-state index in [1.807, 2.05) is 30.3 Å². The van der Waals surface area contributed by atoms with Gasteiger partial charge in [-0.2, -0.15) is 0 Å². The van der Waals surface area contributed by atoms with E-state index in [0.29, 0.717) is 56.9 Å². The molecule has 2 aromatic carbocycles. The number of benzene rings is 2. The first-order chi connectivity index (χ1) is 18.3. The van der Waals surface area contributed by atoms with Crippen molar-refractivity contribution in [3.05, 3.63) is 85.1 Å². The molecule has 0 atom stereocenters. The zero-order valence-electron chi connectivity index (χ0n) is 23.1. The number of nitrogens with zero attached hydrogens (tertiary/aromatic N) is 1. The number of hydrogen-bond acceptors (Lipinski definition) is 4. The molecule has 5 rings (SSSR count). The molecule has 1 aliphatic heterocycles. The SMILES string of the molecule is CCN1C2=C(C(=O)CC(C)(C)C2)C(c2cc(Cl)cc(Cl)c2OCc2cccc(Cl)c2)C2=C1CC(C)(C)CC2=O. The van der Waals surface area contributed by atoms with Gasteiger partial charge in [0.2, 0.25) is 0 Å². The highest BCUT2D eigenvalue weighted by molar-refractivity contribution is 6.35. The molecule has 39 heavy (non-hydrogen) atoms. The summed E-state index contributed by atoms with van der Waals surface area (Å²) in [6, 6.07) is 10.9. The Balaban J connectivity index is 1.73. The van der Waals surface area contributed by atoms with E-state index in [1.54, 1.807) is 6.07 Å². The van der Waals surface area contributed by atoms with Crippen molar-refractivity contribution < 1.29 is 14.3 Å². The molecule has 7 heteroatoms. The first-order valence-electron chi connectivity index (χ1n) is 13.5. The van der Waals surface area contributed by atoms with Gasteiger partial charge in [-0.25, -0.2) is 0 Å². The first-order valence-corrected chi connectivity index (χ1v) is 14.6. The maximum Gasteiger partial charge on any atom is 0.162 e. The highest BCUT2D eigenvalue weighted by Crippen LogP contribution is 2.56. The largest absolute Gasteiger partial charge is 0.487 e. The summed E-state index contributed by atoms with van der Waals surface area (Å²) in [5.74, 6) is -0.0305. The van der Waals surface area contributed by atoms with Crippen LogP contribution in [0.1, 0.15) is 77.3 Å². The van der Waals surface area contributed by atoms with Crippen LogP contribution in [0, 0.1) is 10.8 Å². The summed E-state index contributed by atoms with van der Waals surface area (Å²) in [6.07, 6.45) is 2.32. The van der Waals surface area contributed by atoms with Crippen LogP contribution >= 0.6 is 34.8 Å². The Morgan fingerprint density at radius 3 is 1.97 bits per heavy atom. The number of allylic oxidation sites excluding steroid dienone is 4. The molecule has 1 heterocycles. The van der Waals surface area contributed by atoms with Crippen LogP contribution < -0.4 is 4.74 Å². The molecule has 0 N–H and O–H groups in total. The maximum absolute atomic E-state index is 14.0. The average molecular weight is 587 g/mol. The van der Waals surface area contributed by atoms with E-state index in [0.717, 1.165) is 29.8 Å². The van der Waals surface area contributed by atoms with Gasteiger partial charge in [-0.15, -0.1) is 0 Å². The van der Waals surface area contributed by atoms with Gasteiger partial charge in [-0.05, 0) is 60.4 Å². The summed E-state index contributed by atoms with van der Waals surface area (Å²) < 4.78 is 6.35. The number of carbonyl (C=O) groups is 2. The Labute approximate surface area is 245 Å². The van der Waals surface area contributed by atoms with Crippen LogP contribution in [0.5, 0.6) is 5.75 Å². The fraction of sp³-hybridized carbons (Fsp3) is 0.438. The van der Waals surface area contributed by atoms with Crippen LogP contribution in [0.2, 0.25) is 15.1 Å². The third-order valence-corrected chi connectivity index (χ3v) is 8.69. The van der Waals surface area contributed by atoms with Crippen molar-refractivity contribution >= 4 is 46.4 Å². The molecule has 0 spiro atoms. The molecule has 0 bridgehead atoms. The Kier molecular flexibility index (Phi) is 7.45. The number of rotatable bonds is 5. The molecule has 2 aliphatic carbocycles. The average Bonchev–Trinajstić information content (AvgIpc) is 2.80. The molecule has 0 saturated heterocycles. The van der Waals surface area contributed by atoms with Crippen molar-refractivity contribution in [3.8, 4) is 5.75 Å². The molecule has 3 aliphatic rings. The first kappa shape index (κ1) is 28.3. The second kappa shape index (κ2) is 10.3. The van der Waals surface area contributed by atoms with Crippen molar-refractivity contribution in [3.63, 3.8) is 0 Å². The Bertz CT molecular complexity index is 1380. The number of Topliss-reactive ketones (excluding diaryl/α,β-unsaturated/α-hetero) is 2. The lowest BCUT2D eigenvalue weighted by atomic mass is 9.63. The van der Waals surface area contributed by atoms with Crippen molar-refractivity contribution in [1.29, 1.82) is 0 Å². The minimum absolute atomic E-state index is 0.0609. The summed E-state index contributed by atoms with van der Waals surface area (Å²) in [5, 5.41) is 1.38. The van der Waals surface area contributed by atoms with Gasteiger partial charge in [0.15, 0.2) is 11.6 Å². The van der Waals surface area contributed by atoms with Crippen molar-refractivity contribution in [2.45, 2.75) is 72.8 Å². The van der Waals surface area contributed by atoms with Gasteiger partial charge in [0.05, 0.1) is 5.02 Å². The lowest BCUT2D eigenvalue weighted by molar-refractivity contribution is -0.119. The number of halogens is 3. The Morgan fingerprint density at radius 2 is 1.44 bits per heavy atom. The van der Waals surface area contributed by atoms with Gasteiger partial charge in [0.25, 0.3) is 0 Å². The van der Waals surface area contributed by atoms with Gasteiger partial charge in [-0.3, -0.25) is 9.59 Å². The summed E-state index contributed by atoms with van der Waals surface area (Å²) in [5.41, 5.74) is 4.53. The van der Waals surface area contributed by atoms with Gasteiger partial charge < -0.3 is 9.64 Å². The summed E-state index contributed by atoms with van der Waals surface area (Å²) in [6.45, 7) is 11.5. The molecule has 0 unspecified atom stereocenters. The van der Waals surface area contributed by atoms with Crippen LogP contribution in [0.15, 0.2) is 58.9 Å². The fourth-order valence-corrected chi connectivity index (χ4v) is 7.25. The van der Waals surface area contributed by atoms with E-state index in [-0.39, 0.29) is 29.0 Å². The number of ether oxygens (including phenoxy) is 1. The highest BCUT2D eigenvalue weighted by atomic mass is 35.5. The smallest absolute Gasteiger partial charge is 0.162 e. The molecule has 0 saturated carbocycles. The van der Waals surface area contributed by atoms with Crippen LogP contribution in [0.25, 0.3) is 0 Å². The van der Waals surface area contributed by atoms with E-state index < -0.39 is 5.92 Å². The minimum atomic E-state index is -0.587. The molecule has 0 radical (unpaired) electrons. The normalized spacial score (nSPS) is 20.8. The quantitative estimate of drug-likeness (QED) is 0.351. The van der Waals surface area contributed by atoms with Crippen molar-refractivity contribution in [2.75, 3.05) is 6.54 Å². The van der Waals surface area contributed by atoms with Crippen LogP contribution in [-0.2, 0) is 16.2 Å². The minimum Gasteiger partial charge on any atom is -0.487 e. The Morgan fingerprint density at radius 1 is 0.846 bits per heavy atom. The number of ketones is 2. The Hall–Kier alpha value is -2.27. The lowest BCUT2D eigenvalue weighted by Gasteiger charge is -2.49. The molecular formula is C32H34Cl3NO3. The third kappa shape index (κ3) is 5.40. The predicted molar refractivity (Wildman–Crippen MR) is 157 cm³/mol. The highest BCUT2D eigenvalue weighted by Gasteiger charge is 2.49. The fourth-order valence-electron chi connectivity index (χ4n) is 6.47. The zero-order chi connectivity index (χ0) is 28.3. The van der Waals surface area contributed by atoms with Gasteiger partial charge in [0, 0.05) is 63.5 Å². The molecule has 2 aromatic rings. The third-order valence-electron chi connectivity index (χ3n) is 7.96. The molecule has 4 nitrogen and oxygen atoms in total. The molecule has 0 amide bonds. The van der Waals surface area contributed by atoms with Crippen molar-refractivity contribution in [2.24, 2.45) is 10.8 Å². The standard InChI is InChI=1S/C32H34Cl3NO3/c1-6-36-23-13-31(2,3)15-25(37)28(23)27(29-24(36)14-32(4,5)16-26(29)38)21-11-20(34)12-22(35)30(21)39-17-18-8-7-9-19(33)10-18/h7-12,27H,6,13-17H2,1-5H3. The van der Waals surface area contributed by atoms with E-state index in [2.05, 4.69) is 39.5 Å². The van der Waals surface area contributed by atoms with E-state index in [4.69, 9.17) is 39.5 Å². The molecule has 0 fully saturated rings. The predicted octanol–water partition coefficient (Wildman–Crippen LogP) is 8.93. The van der Waals surface area contributed by atoms with Gasteiger partial charge in [-0.1, -0.05) is 74.6 Å². The molecule has 206 valence electrons. The second-order valence-corrected chi connectivity index (χ2v) is 13.8. The number of hydrogen-bond donors (Lipinski definition) is 0. The van der Waals surface area contributed by atoms with E-state index >= 15 is 0 Å². The molecular weight excluding hydrogens is 553 g/mol. The van der Waals surface area contributed by atoms with Gasteiger partial charge >= 0.3 is 0 Å². The zero-order valence-corrected chi connectivity index (χ0v) is 25.4. The van der Waals surface area contributed by atoms with E-state index in [1.165, 1.54) is 0 Å². The van der Waals surface area contributed by atoms with Gasteiger partial charge in [0.1, 0.15) is 12.4 Å². The number of carbonyl (C=O) groups excluding carboxylic acids is 2. The molecule has 0 aromatic heterocycles. The summed E-state index contributed by atoms with van der Waals surface area (Å²) in [4.78, 5) is 30.1. The van der Waals surface area contributed by atoms with E-state index in [9.17, 15) is 9.59 Å².